The van der Waals surface area contributed by atoms with Gasteiger partial charge in [0.05, 0.1) is 18.7 Å². The molecule has 3 aromatic rings. The smallest absolute Gasteiger partial charge is 0.494 e. The van der Waals surface area contributed by atoms with Gasteiger partial charge in [-0.15, -0.1) is 11.3 Å². The minimum absolute atomic E-state index is 0.252. The van der Waals surface area contributed by atoms with Gasteiger partial charge in [0.25, 0.3) is 0 Å². The van der Waals surface area contributed by atoms with Gasteiger partial charge in [0.1, 0.15) is 5.75 Å². The Kier molecular flexibility index (Phi) is 9.11. The van der Waals surface area contributed by atoms with Crippen LogP contribution >= 0.6 is 11.3 Å². The molecule has 0 bridgehead atoms. The molecule has 0 radical (unpaired) electrons. The molecule has 5 rings (SSSR count). The average Bonchev–Trinajstić information content (AvgIpc) is 3.43. The predicted octanol–water partition coefficient (Wildman–Crippen LogP) is 5.74. The molecule has 38 heavy (non-hydrogen) atoms. The number of aromatic nitrogens is 1. The SMILES string of the molecule is CCOC(=O)OCOc1ccc2ccc(OCCCCN3CCN(C4CC=Cc5sccc54)CC3)cc2n1. The van der Waals surface area contributed by atoms with E-state index in [2.05, 4.69) is 38.4 Å². The molecule has 1 fully saturated rings. The lowest BCUT2D eigenvalue weighted by molar-refractivity contribution is 0.00544. The minimum Gasteiger partial charge on any atom is -0.494 e. The summed E-state index contributed by atoms with van der Waals surface area (Å²) >= 11 is 1.85. The molecule has 3 heterocycles. The van der Waals surface area contributed by atoms with Gasteiger partial charge in [0.2, 0.25) is 12.7 Å². The lowest BCUT2D eigenvalue weighted by Gasteiger charge is -2.40. The fourth-order valence-electron chi connectivity index (χ4n) is 4.99. The van der Waals surface area contributed by atoms with Crippen molar-refractivity contribution in [1.82, 2.24) is 14.8 Å². The highest BCUT2D eigenvalue weighted by molar-refractivity contribution is 7.11. The summed E-state index contributed by atoms with van der Waals surface area (Å²) < 4.78 is 20.9. The molecule has 1 unspecified atom stereocenters. The summed E-state index contributed by atoms with van der Waals surface area (Å²) in [5, 5.41) is 3.20. The summed E-state index contributed by atoms with van der Waals surface area (Å²) in [5.41, 5.74) is 2.27. The third-order valence-corrected chi connectivity index (χ3v) is 7.88. The van der Waals surface area contributed by atoms with E-state index in [1.807, 2.05) is 35.6 Å². The maximum atomic E-state index is 11.3. The Morgan fingerprint density at radius 2 is 1.92 bits per heavy atom. The highest BCUT2D eigenvalue weighted by Crippen LogP contribution is 2.36. The van der Waals surface area contributed by atoms with Crippen LogP contribution in [0.25, 0.3) is 17.0 Å². The highest BCUT2D eigenvalue weighted by atomic mass is 32.1. The molecule has 0 N–H and O–H groups in total. The van der Waals surface area contributed by atoms with Crippen LogP contribution in [0.1, 0.15) is 42.7 Å². The van der Waals surface area contributed by atoms with E-state index < -0.39 is 6.16 Å². The van der Waals surface area contributed by atoms with Crippen molar-refractivity contribution in [3.05, 3.63) is 58.3 Å². The van der Waals surface area contributed by atoms with Gasteiger partial charge in [-0.1, -0.05) is 6.08 Å². The molecule has 202 valence electrons. The number of piperazine rings is 1. The van der Waals surface area contributed by atoms with E-state index in [4.69, 9.17) is 18.9 Å². The zero-order valence-corrected chi connectivity index (χ0v) is 22.7. The van der Waals surface area contributed by atoms with Crippen molar-refractivity contribution in [2.75, 3.05) is 52.7 Å². The van der Waals surface area contributed by atoms with Crippen LogP contribution in [0.4, 0.5) is 4.79 Å². The van der Waals surface area contributed by atoms with Crippen molar-refractivity contribution in [3.63, 3.8) is 0 Å². The number of pyridine rings is 1. The minimum atomic E-state index is -0.763. The van der Waals surface area contributed by atoms with Crippen LogP contribution in [-0.4, -0.2) is 73.7 Å². The Morgan fingerprint density at radius 1 is 1.05 bits per heavy atom. The van der Waals surface area contributed by atoms with Gasteiger partial charge in [-0.05, 0) is 74.0 Å². The van der Waals surface area contributed by atoms with Crippen molar-refractivity contribution in [3.8, 4) is 11.6 Å². The Labute approximate surface area is 227 Å². The summed E-state index contributed by atoms with van der Waals surface area (Å²) in [6.45, 7) is 8.02. The topological polar surface area (TPSA) is 73.4 Å². The van der Waals surface area contributed by atoms with E-state index in [1.165, 1.54) is 10.4 Å². The molecule has 2 aliphatic rings. The molecular weight excluding hydrogens is 502 g/mol. The number of rotatable bonds is 11. The Bertz CT molecular complexity index is 1240. The normalized spacial score (nSPS) is 17.8. The van der Waals surface area contributed by atoms with Crippen molar-refractivity contribution in [2.45, 2.75) is 32.2 Å². The number of benzene rings is 1. The molecule has 1 aliphatic carbocycles. The van der Waals surface area contributed by atoms with E-state index in [0.717, 1.165) is 68.6 Å². The van der Waals surface area contributed by atoms with Crippen LogP contribution in [0, 0.1) is 0 Å². The van der Waals surface area contributed by atoms with E-state index in [0.29, 0.717) is 18.5 Å². The first-order valence-corrected chi connectivity index (χ1v) is 14.2. The third kappa shape index (κ3) is 6.83. The molecule has 1 saturated heterocycles. The van der Waals surface area contributed by atoms with Crippen LogP contribution in [0.2, 0.25) is 0 Å². The highest BCUT2D eigenvalue weighted by Gasteiger charge is 2.27. The molecule has 1 aliphatic heterocycles. The average molecular weight is 538 g/mol. The first-order valence-electron chi connectivity index (χ1n) is 13.4. The van der Waals surface area contributed by atoms with Gasteiger partial charge < -0.3 is 23.8 Å². The van der Waals surface area contributed by atoms with Crippen molar-refractivity contribution < 1.29 is 23.7 Å². The predicted molar refractivity (Wildman–Crippen MR) is 149 cm³/mol. The van der Waals surface area contributed by atoms with Crippen molar-refractivity contribution in [1.29, 1.82) is 0 Å². The number of ether oxygens (including phenoxy) is 4. The number of carbonyl (C=O) groups is 1. The van der Waals surface area contributed by atoms with E-state index in [9.17, 15) is 4.79 Å². The van der Waals surface area contributed by atoms with Gasteiger partial charge in [-0.3, -0.25) is 4.90 Å². The van der Waals surface area contributed by atoms with Crippen LogP contribution in [-0.2, 0) is 9.47 Å². The monoisotopic (exact) mass is 537 g/mol. The summed E-state index contributed by atoms with van der Waals surface area (Å²) in [6.07, 6.45) is 7.10. The number of hydrogen-bond donors (Lipinski definition) is 0. The molecule has 0 spiro atoms. The largest absolute Gasteiger partial charge is 0.511 e. The second-order valence-corrected chi connectivity index (χ2v) is 10.4. The quantitative estimate of drug-likeness (QED) is 0.174. The summed E-state index contributed by atoms with van der Waals surface area (Å²) in [7, 11) is 0. The number of fused-ring (bicyclic) bond motifs is 2. The van der Waals surface area contributed by atoms with Gasteiger partial charge in [0, 0.05) is 54.6 Å². The molecule has 2 aromatic heterocycles. The summed E-state index contributed by atoms with van der Waals surface area (Å²) in [4.78, 5) is 22.4. The Hall–Kier alpha value is -3.14. The molecule has 8 nitrogen and oxygen atoms in total. The number of thiophene rings is 1. The fourth-order valence-corrected chi connectivity index (χ4v) is 5.87. The lowest BCUT2D eigenvalue weighted by Crippen LogP contribution is -2.47. The van der Waals surface area contributed by atoms with Gasteiger partial charge >= 0.3 is 6.16 Å². The van der Waals surface area contributed by atoms with Gasteiger partial charge in [0.15, 0.2) is 0 Å². The first kappa shape index (κ1) is 26.5. The van der Waals surface area contributed by atoms with E-state index >= 15 is 0 Å². The van der Waals surface area contributed by atoms with E-state index in [1.54, 1.807) is 13.0 Å². The Balaban J connectivity index is 1.01. The number of nitrogens with zero attached hydrogens (tertiary/aromatic N) is 3. The zero-order valence-electron chi connectivity index (χ0n) is 21.8. The summed E-state index contributed by atoms with van der Waals surface area (Å²) in [5.74, 6) is 1.16. The third-order valence-electron chi connectivity index (χ3n) is 6.98. The van der Waals surface area contributed by atoms with Crippen molar-refractivity contribution in [2.24, 2.45) is 0 Å². The van der Waals surface area contributed by atoms with Crippen LogP contribution in [0.5, 0.6) is 11.6 Å². The fraction of sp³-hybridized carbons (Fsp3) is 0.448. The second kappa shape index (κ2) is 13.1. The van der Waals surface area contributed by atoms with Crippen LogP contribution in [0.3, 0.4) is 0 Å². The molecule has 1 aromatic carbocycles. The molecule has 0 amide bonds. The number of carbonyl (C=O) groups excluding carboxylic acids is 1. The molecule has 1 atom stereocenters. The van der Waals surface area contributed by atoms with Gasteiger partial charge in [-0.25, -0.2) is 9.78 Å². The van der Waals surface area contributed by atoms with Crippen LogP contribution in [0.15, 0.2) is 47.9 Å². The summed E-state index contributed by atoms with van der Waals surface area (Å²) in [6, 6.07) is 12.4. The second-order valence-electron chi connectivity index (χ2n) is 9.42. The maximum Gasteiger partial charge on any atom is 0.511 e. The van der Waals surface area contributed by atoms with Crippen LogP contribution < -0.4 is 9.47 Å². The molecule has 9 heteroatoms. The molecule has 0 saturated carbocycles. The first-order chi connectivity index (χ1) is 18.7. The van der Waals surface area contributed by atoms with Crippen molar-refractivity contribution >= 4 is 34.5 Å². The van der Waals surface area contributed by atoms with Gasteiger partial charge in [-0.2, -0.15) is 0 Å². The zero-order chi connectivity index (χ0) is 26.2. The number of unbranched alkanes of at least 4 members (excludes halogenated alkanes) is 1. The standard InChI is InChI=1S/C29H35N3O5S/c1-2-34-29(33)37-21-36-28-11-9-22-8-10-23(20-25(22)30-28)35-18-4-3-13-31-14-16-32(17-15-31)26-6-5-7-27-24(26)12-19-38-27/h5,7-12,19-20,26H,2-4,6,13-18,21H2,1H3. The lowest BCUT2D eigenvalue weighted by atomic mass is 9.97. The number of hydrogen-bond acceptors (Lipinski definition) is 9. The Morgan fingerprint density at radius 3 is 2.79 bits per heavy atom. The molecular formula is C29H35N3O5S. The maximum absolute atomic E-state index is 11.3. The van der Waals surface area contributed by atoms with E-state index in [-0.39, 0.29) is 13.4 Å².